The summed E-state index contributed by atoms with van der Waals surface area (Å²) in [6, 6.07) is 39.5. The van der Waals surface area contributed by atoms with E-state index in [4.69, 9.17) is 28.4 Å². The average Bonchev–Trinajstić information content (AvgIpc) is 3.56. The molecule has 4 aromatic carbocycles. The van der Waals surface area contributed by atoms with Crippen LogP contribution in [0.1, 0.15) is 43.0 Å². The quantitative estimate of drug-likeness (QED) is 0.179. The highest BCUT2D eigenvalue weighted by atomic mass is 16.8. The van der Waals surface area contributed by atoms with Crippen LogP contribution in [0.3, 0.4) is 0 Å². The van der Waals surface area contributed by atoms with Crippen LogP contribution in [0.2, 0.25) is 0 Å². The Morgan fingerprint density at radius 3 is 1.85 bits per heavy atom. The van der Waals surface area contributed by atoms with E-state index in [2.05, 4.69) is 41.7 Å². The first kappa shape index (κ1) is 31.9. The molecule has 1 amide bonds. The van der Waals surface area contributed by atoms with E-state index in [1.165, 1.54) is 0 Å². The molecule has 2 aliphatic heterocycles. The molecule has 46 heavy (non-hydrogen) atoms. The van der Waals surface area contributed by atoms with Gasteiger partial charge < -0.3 is 33.7 Å². The van der Waals surface area contributed by atoms with E-state index >= 15 is 0 Å². The van der Waals surface area contributed by atoms with Crippen molar-refractivity contribution in [3.63, 3.8) is 0 Å². The van der Waals surface area contributed by atoms with Crippen LogP contribution >= 0.6 is 0 Å². The minimum absolute atomic E-state index is 0.0518. The van der Waals surface area contributed by atoms with Gasteiger partial charge in [0.1, 0.15) is 23.9 Å². The van der Waals surface area contributed by atoms with Crippen molar-refractivity contribution < 1.29 is 33.2 Å². The van der Waals surface area contributed by atoms with Crippen molar-refractivity contribution in [3.05, 3.63) is 144 Å². The number of hydrogen-bond donors (Lipinski definition) is 1. The van der Waals surface area contributed by atoms with Crippen molar-refractivity contribution >= 4 is 6.09 Å². The van der Waals surface area contributed by atoms with E-state index in [-0.39, 0.29) is 13.2 Å². The fourth-order valence-electron chi connectivity index (χ4n) is 6.31. The standard InChI is InChI=1S/C38H41NO7/c1-4-41-36(40)39-31(32-33(42-25-27-17-9-5-10-18-27)34-35(44-32)46-37(2,3)45-34)26-43-38(28-19-11-6-12-20-28,29-21-13-7-14-22-29)30-23-15-8-16-24-30/h5-24,31-35H,4,25-26H2,1-3H3,(H,39,40)/t31-,32-,33+,34-,35-/m1/s1. The van der Waals surface area contributed by atoms with Crippen LogP contribution in [-0.4, -0.2) is 55.7 Å². The third-order valence-corrected chi connectivity index (χ3v) is 8.31. The number of benzene rings is 4. The number of alkyl carbamates (subject to hydrolysis) is 1. The topological polar surface area (TPSA) is 84.5 Å². The first-order chi connectivity index (χ1) is 22.4. The fraction of sp³-hybridized carbons (Fsp3) is 0.342. The summed E-state index contributed by atoms with van der Waals surface area (Å²) in [5, 5.41) is 3.02. The molecule has 0 unspecified atom stereocenters. The minimum Gasteiger partial charge on any atom is -0.450 e. The molecule has 1 N–H and O–H groups in total. The predicted octanol–water partition coefficient (Wildman–Crippen LogP) is 6.57. The van der Waals surface area contributed by atoms with E-state index in [1.54, 1.807) is 6.92 Å². The maximum absolute atomic E-state index is 13.0. The van der Waals surface area contributed by atoms with Crippen LogP contribution < -0.4 is 5.32 Å². The van der Waals surface area contributed by atoms with Crippen LogP contribution in [0.4, 0.5) is 4.79 Å². The molecule has 4 aromatic rings. The number of rotatable bonds is 12. The number of carbonyl (C=O) groups excluding carboxylic acids is 1. The molecule has 0 spiro atoms. The lowest BCUT2D eigenvalue weighted by molar-refractivity contribution is -0.224. The van der Waals surface area contributed by atoms with Gasteiger partial charge >= 0.3 is 6.09 Å². The normalized spacial score (nSPS) is 22.6. The zero-order valence-electron chi connectivity index (χ0n) is 26.4. The van der Waals surface area contributed by atoms with E-state index in [1.807, 2.05) is 98.8 Å². The molecule has 2 saturated heterocycles. The highest BCUT2D eigenvalue weighted by Gasteiger charge is 2.57. The second-order valence-corrected chi connectivity index (χ2v) is 11.9. The summed E-state index contributed by atoms with van der Waals surface area (Å²) < 4.78 is 38.0. The predicted molar refractivity (Wildman–Crippen MR) is 173 cm³/mol. The van der Waals surface area contributed by atoms with Crippen molar-refractivity contribution in [1.29, 1.82) is 0 Å². The smallest absolute Gasteiger partial charge is 0.407 e. The van der Waals surface area contributed by atoms with Crippen molar-refractivity contribution in [2.75, 3.05) is 13.2 Å². The fourth-order valence-corrected chi connectivity index (χ4v) is 6.31. The monoisotopic (exact) mass is 623 g/mol. The highest BCUT2D eigenvalue weighted by Crippen LogP contribution is 2.43. The van der Waals surface area contributed by atoms with Crippen LogP contribution in [0.5, 0.6) is 0 Å². The maximum Gasteiger partial charge on any atom is 0.407 e. The molecule has 2 heterocycles. The third kappa shape index (κ3) is 6.87. The summed E-state index contributed by atoms with van der Waals surface area (Å²) in [6.45, 7) is 6.06. The van der Waals surface area contributed by atoms with Crippen LogP contribution in [0, 0.1) is 0 Å². The Morgan fingerprint density at radius 2 is 1.33 bits per heavy atom. The minimum atomic E-state index is -1.01. The lowest BCUT2D eigenvalue weighted by Crippen LogP contribution is -2.54. The molecule has 0 radical (unpaired) electrons. The van der Waals surface area contributed by atoms with Crippen molar-refractivity contribution in [2.45, 2.75) is 69.4 Å². The lowest BCUT2D eigenvalue weighted by Gasteiger charge is -2.38. The van der Waals surface area contributed by atoms with Gasteiger partial charge in [0, 0.05) is 0 Å². The molecule has 2 fully saturated rings. The third-order valence-electron chi connectivity index (χ3n) is 8.31. The van der Waals surface area contributed by atoms with Gasteiger partial charge in [-0.2, -0.15) is 0 Å². The van der Waals surface area contributed by atoms with Gasteiger partial charge in [-0.3, -0.25) is 0 Å². The van der Waals surface area contributed by atoms with Gasteiger partial charge in [0.05, 0.1) is 25.9 Å². The van der Waals surface area contributed by atoms with Gasteiger partial charge in [0.2, 0.25) is 0 Å². The van der Waals surface area contributed by atoms with Crippen LogP contribution in [0.15, 0.2) is 121 Å². The Kier molecular flexibility index (Phi) is 9.82. The van der Waals surface area contributed by atoms with Gasteiger partial charge in [-0.15, -0.1) is 0 Å². The van der Waals surface area contributed by atoms with Gasteiger partial charge in [0.15, 0.2) is 12.1 Å². The van der Waals surface area contributed by atoms with Crippen molar-refractivity contribution in [2.24, 2.45) is 0 Å². The molecule has 6 rings (SSSR count). The number of nitrogens with one attached hydrogen (secondary N) is 1. The number of fused-ring (bicyclic) bond motifs is 1. The Balaban J connectivity index is 1.38. The summed E-state index contributed by atoms with van der Waals surface area (Å²) in [6.07, 6.45) is -3.04. The molecule has 8 nitrogen and oxygen atoms in total. The average molecular weight is 624 g/mol. The van der Waals surface area contributed by atoms with Gasteiger partial charge in [-0.1, -0.05) is 121 Å². The molecular weight excluding hydrogens is 582 g/mol. The van der Waals surface area contributed by atoms with Gasteiger partial charge in [0.25, 0.3) is 0 Å². The molecular formula is C38H41NO7. The van der Waals surface area contributed by atoms with E-state index < -0.39 is 48.1 Å². The van der Waals surface area contributed by atoms with Crippen LogP contribution in [-0.2, 0) is 40.6 Å². The molecule has 0 aromatic heterocycles. The Hall–Kier alpha value is -4.05. The molecule has 5 atom stereocenters. The highest BCUT2D eigenvalue weighted by molar-refractivity contribution is 5.67. The summed E-state index contributed by atoms with van der Waals surface area (Å²) in [5.41, 5.74) is 2.82. The Morgan fingerprint density at radius 1 is 0.804 bits per heavy atom. The van der Waals surface area contributed by atoms with E-state index in [0.717, 1.165) is 22.3 Å². The first-order valence-electron chi connectivity index (χ1n) is 15.8. The number of hydrogen-bond acceptors (Lipinski definition) is 7. The molecule has 0 aliphatic carbocycles. The van der Waals surface area contributed by atoms with Crippen molar-refractivity contribution in [3.8, 4) is 0 Å². The molecule has 0 saturated carbocycles. The SMILES string of the molecule is CCOC(=O)N[C@H](COC(c1ccccc1)(c1ccccc1)c1ccccc1)[C@H]1O[C@@H]2OC(C)(C)O[C@@H]2[C@H]1OCc1ccccc1. The maximum atomic E-state index is 13.0. The Bertz CT molecular complexity index is 1440. The van der Waals surface area contributed by atoms with Crippen molar-refractivity contribution in [1.82, 2.24) is 5.32 Å². The summed E-state index contributed by atoms with van der Waals surface area (Å²) in [7, 11) is 0. The number of amides is 1. The molecule has 240 valence electrons. The number of ether oxygens (including phenoxy) is 6. The first-order valence-corrected chi connectivity index (χ1v) is 15.8. The summed E-state index contributed by atoms with van der Waals surface area (Å²) in [4.78, 5) is 13.0. The van der Waals surface area contributed by atoms with E-state index in [9.17, 15) is 4.79 Å². The van der Waals surface area contributed by atoms with Gasteiger partial charge in [-0.25, -0.2) is 4.79 Å². The second-order valence-electron chi connectivity index (χ2n) is 11.9. The zero-order chi connectivity index (χ0) is 32.0. The largest absolute Gasteiger partial charge is 0.450 e. The number of carbonyl (C=O) groups is 1. The lowest BCUT2D eigenvalue weighted by atomic mass is 9.80. The second kappa shape index (κ2) is 14.2. The van der Waals surface area contributed by atoms with Gasteiger partial charge in [-0.05, 0) is 43.0 Å². The molecule has 0 bridgehead atoms. The van der Waals surface area contributed by atoms with E-state index in [0.29, 0.717) is 6.61 Å². The summed E-state index contributed by atoms with van der Waals surface area (Å²) >= 11 is 0. The molecule has 2 aliphatic rings. The Labute approximate surface area is 270 Å². The molecule has 8 heteroatoms. The van der Waals surface area contributed by atoms with Crippen LogP contribution in [0.25, 0.3) is 0 Å². The zero-order valence-corrected chi connectivity index (χ0v) is 26.4. The summed E-state index contributed by atoms with van der Waals surface area (Å²) in [5.74, 6) is -0.849.